The van der Waals surface area contributed by atoms with E-state index in [1.165, 1.54) is 23.1 Å². The highest BCUT2D eigenvalue weighted by atomic mass is 16.2. The van der Waals surface area contributed by atoms with E-state index < -0.39 is 0 Å². The van der Waals surface area contributed by atoms with Gasteiger partial charge in [0.2, 0.25) is 5.91 Å². The summed E-state index contributed by atoms with van der Waals surface area (Å²) in [5.41, 5.74) is 4.30. The molecule has 3 atom stereocenters. The first-order valence-corrected chi connectivity index (χ1v) is 12.0. The number of carbonyl (C=O) groups is 2. The molecule has 2 fully saturated rings. The summed E-state index contributed by atoms with van der Waals surface area (Å²) in [5, 5.41) is 1.21. The Labute approximate surface area is 188 Å². The van der Waals surface area contributed by atoms with Gasteiger partial charge in [-0.2, -0.15) is 0 Å². The molecule has 3 aliphatic rings. The summed E-state index contributed by atoms with van der Waals surface area (Å²) in [6, 6.07) is 17.7. The third-order valence-electron chi connectivity index (χ3n) is 7.82. The number of rotatable bonds is 2. The molecule has 5 heteroatoms. The fourth-order valence-electron chi connectivity index (χ4n) is 6.27. The van der Waals surface area contributed by atoms with Crippen molar-refractivity contribution < 1.29 is 9.59 Å². The van der Waals surface area contributed by atoms with E-state index in [1.54, 1.807) is 0 Å². The Morgan fingerprint density at radius 3 is 2.59 bits per heavy atom. The van der Waals surface area contributed by atoms with Crippen LogP contribution in [0.5, 0.6) is 0 Å². The normalized spacial score (nSPS) is 24.9. The summed E-state index contributed by atoms with van der Waals surface area (Å²) in [5.74, 6) is 0.585. The summed E-state index contributed by atoms with van der Waals surface area (Å²) < 4.78 is 0. The molecule has 164 valence electrons. The van der Waals surface area contributed by atoms with Gasteiger partial charge in [0.25, 0.3) is 5.91 Å². The van der Waals surface area contributed by atoms with Crippen molar-refractivity contribution >= 4 is 22.7 Å². The van der Waals surface area contributed by atoms with Crippen LogP contribution >= 0.6 is 0 Å². The molecule has 32 heavy (non-hydrogen) atoms. The Kier molecular flexibility index (Phi) is 4.78. The van der Waals surface area contributed by atoms with Crippen molar-refractivity contribution in [3.63, 3.8) is 0 Å². The first-order valence-electron chi connectivity index (χ1n) is 12.0. The lowest BCUT2D eigenvalue weighted by Gasteiger charge is -2.36. The van der Waals surface area contributed by atoms with Crippen LogP contribution in [-0.4, -0.2) is 45.2 Å². The second-order valence-corrected chi connectivity index (χ2v) is 9.58. The number of benzene rings is 2. The van der Waals surface area contributed by atoms with Gasteiger partial charge in [0.05, 0.1) is 0 Å². The molecule has 2 amide bonds. The van der Waals surface area contributed by atoms with Gasteiger partial charge in [-0.25, -0.2) is 0 Å². The number of para-hydroxylation sites is 1. The van der Waals surface area contributed by atoms with Crippen molar-refractivity contribution in [3.8, 4) is 0 Å². The molecule has 0 spiro atoms. The molecule has 2 aliphatic heterocycles. The van der Waals surface area contributed by atoms with Crippen LogP contribution in [0, 0.1) is 5.92 Å². The number of H-pyrrole nitrogens is 1. The Bertz CT molecular complexity index is 1170. The van der Waals surface area contributed by atoms with Crippen LogP contribution in [0.25, 0.3) is 10.9 Å². The Hall–Kier alpha value is -3.08. The van der Waals surface area contributed by atoms with Gasteiger partial charge in [-0.15, -0.1) is 0 Å². The molecule has 6 rings (SSSR count). The monoisotopic (exact) mass is 427 g/mol. The smallest absolute Gasteiger partial charge is 0.254 e. The van der Waals surface area contributed by atoms with E-state index >= 15 is 0 Å². The molecule has 5 nitrogen and oxygen atoms in total. The lowest BCUT2D eigenvalue weighted by Crippen LogP contribution is -2.51. The number of nitrogens with zero attached hydrogens (tertiary/aromatic N) is 2. The standard InChI is InChI=1S/C27H29N3O2/c31-26(18-8-2-1-3-9-18)30-24-13-7-4-10-19(24)16-25(30)27(32)29-15-14-23-21(17-29)20-11-5-6-12-22(20)28-23/h1-3,5-6,8-9,11-12,19,24-25,28H,4,7,10,13-17H2. The van der Waals surface area contributed by atoms with Crippen LogP contribution < -0.4 is 0 Å². The van der Waals surface area contributed by atoms with Crippen LogP contribution in [-0.2, 0) is 17.8 Å². The zero-order valence-corrected chi connectivity index (χ0v) is 18.3. The van der Waals surface area contributed by atoms with E-state index in [4.69, 9.17) is 0 Å². The fourth-order valence-corrected chi connectivity index (χ4v) is 6.27. The third kappa shape index (κ3) is 3.14. The average Bonchev–Trinajstić information content (AvgIpc) is 3.42. The first kappa shape index (κ1) is 19.6. The van der Waals surface area contributed by atoms with Gasteiger partial charge >= 0.3 is 0 Å². The number of aromatic amines is 1. The molecule has 0 bridgehead atoms. The first-order chi connectivity index (χ1) is 15.7. The van der Waals surface area contributed by atoms with Crippen LogP contribution in [0.15, 0.2) is 54.6 Å². The minimum Gasteiger partial charge on any atom is -0.358 e. The minimum atomic E-state index is -0.345. The third-order valence-corrected chi connectivity index (χ3v) is 7.82. The largest absolute Gasteiger partial charge is 0.358 e. The van der Waals surface area contributed by atoms with Crippen molar-refractivity contribution in [3.05, 3.63) is 71.4 Å². The minimum absolute atomic E-state index is 0.0168. The van der Waals surface area contributed by atoms with Gasteiger partial charge in [-0.05, 0) is 43.4 Å². The van der Waals surface area contributed by atoms with Crippen molar-refractivity contribution in [1.29, 1.82) is 0 Å². The molecule has 1 aliphatic carbocycles. The summed E-state index contributed by atoms with van der Waals surface area (Å²) in [6.07, 6.45) is 6.13. The molecule has 1 saturated carbocycles. The highest BCUT2D eigenvalue weighted by molar-refractivity contribution is 5.98. The van der Waals surface area contributed by atoms with E-state index in [9.17, 15) is 9.59 Å². The Morgan fingerprint density at radius 2 is 1.72 bits per heavy atom. The second-order valence-electron chi connectivity index (χ2n) is 9.58. The summed E-state index contributed by atoms with van der Waals surface area (Å²) in [6.45, 7) is 1.33. The molecular weight excluding hydrogens is 398 g/mol. The number of fused-ring (bicyclic) bond motifs is 4. The zero-order chi connectivity index (χ0) is 21.7. The van der Waals surface area contributed by atoms with Gasteiger partial charge in [-0.1, -0.05) is 49.2 Å². The van der Waals surface area contributed by atoms with Crippen molar-refractivity contribution in [2.75, 3.05) is 6.54 Å². The number of carbonyl (C=O) groups excluding carboxylic acids is 2. The molecule has 1 aromatic heterocycles. The highest BCUT2D eigenvalue weighted by Gasteiger charge is 2.48. The summed E-state index contributed by atoms with van der Waals surface area (Å²) in [7, 11) is 0. The van der Waals surface area contributed by atoms with E-state index in [2.05, 4.69) is 23.2 Å². The Morgan fingerprint density at radius 1 is 0.938 bits per heavy atom. The number of hydrogen-bond donors (Lipinski definition) is 1. The second kappa shape index (κ2) is 7.80. The van der Waals surface area contributed by atoms with Gasteiger partial charge in [0.15, 0.2) is 0 Å². The fraction of sp³-hybridized carbons (Fsp3) is 0.407. The van der Waals surface area contributed by atoms with E-state index in [1.807, 2.05) is 46.2 Å². The number of nitrogens with one attached hydrogen (secondary N) is 1. The molecule has 3 heterocycles. The summed E-state index contributed by atoms with van der Waals surface area (Å²) >= 11 is 0. The average molecular weight is 428 g/mol. The van der Waals surface area contributed by atoms with Gasteiger partial charge < -0.3 is 14.8 Å². The lowest BCUT2D eigenvalue weighted by atomic mass is 9.84. The predicted molar refractivity (Wildman–Crippen MR) is 124 cm³/mol. The molecule has 1 N–H and O–H groups in total. The van der Waals surface area contributed by atoms with Gasteiger partial charge in [0, 0.05) is 53.3 Å². The van der Waals surface area contributed by atoms with Crippen LogP contribution in [0.3, 0.4) is 0 Å². The zero-order valence-electron chi connectivity index (χ0n) is 18.3. The van der Waals surface area contributed by atoms with Gasteiger partial charge in [0.1, 0.15) is 6.04 Å². The Balaban J connectivity index is 1.31. The van der Waals surface area contributed by atoms with Gasteiger partial charge in [-0.3, -0.25) is 9.59 Å². The number of likely N-dealkylation sites (tertiary alicyclic amines) is 1. The number of hydrogen-bond acceptors (Lipinski definition) is 2. The number of amides is 2. The van der Waals surface area contributed by atoms with Crippen LogP contribution in [0.4, 0.5) is 0 Å². The number of aromatic nitrogens is 1. The van der Waals surface area contributed by atoms with Crippen molar-refractivity contribution in [1.82, 2.24) is 14.8 Å². The van der Waals surface area contributed by atoms with Crippen molar-refractivity contribution in [2.45, 2.75) is 57.2 Å². The summed E-state index contributed by atoms with van der Waals surface area (Å²) in [4.78, 5) is 35.0. The molecule has 0 radical (unpaired) electrons. The molecule has 3 unspecified atom stereocenters. The highest BCUT2D eigenvalue weighted by Crippen LogP contribution is 2.41. The maximum atomic E-state index is 13.9. The molecule has 2 aromatic carbocycles. The topological polar surface area (TPSA) is 56.4 Å². The lowest BCUT2D eigenvalue weighted by molar-refractivity contribution is -0.136. The van der Waals surface area contributed by atoms with Crippen LogP contribution in [0.1, 0.15) is 53.7 Å². The molecule has 1 saturated heterocycles. The van der Waals surface area contributed by atoms with Crippen molar-refractivity contribution in [2.24, 2.45) is 5.92 Å². The van der Waals surface area contributed by atoms with Crippen LogP contribution in [0.2, 0.25) is 0 Å². The molecule has 3 aromatic rings. The maximum absolute atomic E-state index is 13.9. The maximum Gasteiger partial charge on any atom is 0.254 e. The predicted octanol–water partition coefficient (Wildman–Crippen LogP) is 4.53. The quantitative estimate of drug-likeness (QED) is 0.653. The SMILES string of the molecule is O=C(C1CC2CCCCC2N1C(=O)c1ccccc1)N1CCc2[nH]c3ccccc3c2C1. The van der Waals surface area contributed by atoms with E-state index in [0.717, 1.165) is 37.6 Å². The van der Waals surface area contributed by atoms with E-state index in [0.29, 0.717) is 24.6 Å². The molecular formula is C27H29N3O2. The van der Waals surface area contributed by atoms with E-state index in [-0.39, 0.29) is 23.9 Å².